The highest BCUT2D eigenvalue weighted by Gasteiger charge is 2.19. The average Bonchev–Trinajstić information content (AvgIpc) is 3.47. The van der Waals surface area contributed by atoms with E-state index in [0.717, 1.165) is 39.9 Å². The lowest BCUT2D eigenvalue weighted by Crippen LogP contribution is -2.31. The number of fused-ring (bicyclic) bond motifs is 1. The predicted octanol–water partition coefficient (Wildman–Crippen LogP) is 5.44. The van der Waals surface area contributed by atoms with Crippen LogP contribution in [0.15, 0.2) is 61.1 Å². The Morgan fingerprint density at radius 2 is 1.97 bits per heavy atom. The van der Waals surface area contributed by atoms with Gasteiger partial charge in [-0.25, -0.2) is 9.78 Å². The minimum atomic E-state index is -0.953. The van der Waals surface area contributed by atoms with Gasteiger partial charge in [-0.3, -0.25) is 4.79 Å². The standard InChI is InChI=1S/C26H24N4O3S/c1-2-3-4-25(31)30(21-9-10-23-20(11-21)12-24(34-23)26(32)33)16-22-14-28-17-29(22)15-19-7-5-18(13-27)6-8-19/h5-12,14,17H,2-4,15-16H2,1H3,(H,32,33). The molecule has 1 N–H and O–H groups in total. The van der Waals surface area contributed by atoms with E-state index in [1.807, 2.05) is 34.9 Å². The molecule has 0 aliphatic rings. The van der Waals surface area contributed by atoms with Crippen molar-refractivity contribution in [3.8, 4) is 6.07 Å². The zero-order valence-electron chi connectivity index (χ0n) is 18.8. The number of aromatic nitrogens is 2. The molecule has 34 heavy (non-hydrogen) atoms. The minimum absolute atomic E-state index is 0.0148. The van der Waals surface area contributed by atoms with E-state index in [0.29, 0.717) is 25.1 Å². The maximum atomic E-state index is 13.2. The molecule has 4 rings (SSSR count). The number of carboxylic acids is 1. The Labute approximate surface area is 201 Å². The number of thiophene rings is 1. The van der Waals surface area contributed by atoms with Crippen LogP contribution < -0.4 is 4.90 Å². The number of unbranched alkanes of at least 4 members (excludes halogenated alkanes) is 1. The Kier molecular flexibility index (Phi) is 7.04. The van der Waals surface area contributed by atoms with Crippen LogP contribution in [-0.4, -0.2) is 26.5 Å². The van der Waals surface area contributed by atoms with Crippen molar-refractivity contribution in [3.05, 3.63) is 82.8 Å². The van der Waals surface area contributed by atoms with Crippen LogP contribution in [0.4, 0.5) is 5.69 Å². The largest absolute Gasteiger partial charge is 0.477 e. The molecule has 0 radical (unpaired) electrons. The molecule has 0 saturated heterocycles. The van der Waals surface area contributed by atoms with Crippen LogP contribution in [-0.2, 0) is 17.9 Å². The van der Waals surface area contributed by atoms with E-state index in [9.17, 15) is 14.7 Å². The van der Waals surface area contributed by atoms with Crippen LogP contribution in [0.25, 0.3) is 10.1 Å². The fourth-order valence-electron chi connectivity index (χ4n) is 3.76. The van der Waals surface area contributed by atoms with E-state index in [4.69, 9.17) is 5.26 Å². The van der Waals surface area contributed by atoms with Crippen molar-refractivity contribution in [1.29, 1.82) is 5.26 Å². The molecule has 7 nitrogen and oxygen atoms in total. The summed E-state index contributed by atoms with van der Waals surface area (Å²) in [5.41, 5.74) is 3.25. The molecule has 1 amide bonds. The second-order valence-electron chi connectivity index (χ2n) is 8.04. The van der Waals surface area contributed by atoms with Gasteiger partial charge in [-0.15, -0.1) is 11.3 Å². The first-order chi connectivity index (χ1) is 16.5. The third-order valence-electron chi connectivity index (χ3n) is 5.62. The van der Waals surface area contributed by atoms with Crippen LogP contribution in [0.5, 0.6) is 0 Å². The van der Waals surface area contributed by atoms with Gasteiger partial charge in [0.1, 0.15) is 4.88 Å². The van der Waals surface area contributed by atoms with Crippen molar-refractivity contribution in [3.63, 3.8) is 0 Å². The Balaban J connectivity index is 1.63. The lowest BCUT2D eigenvalue weighted by atomic mass is 10.1. The van der Waals surface area contributed by atoms with Gasteiger partial charge in [0.25, 0.3) is 0 Å². The molecule has 2 aromatic heterocycles. The number of amides is 1. The molecule has 2 heterocycles. The first-order valence-electron chi connectivity index (χ1n) is 11.0. The summed E-state index contributed by atoms with van der Waals surface area (Å²) < 4.78 is 2.86. The normalized spacial score (nSPS) is 10.8. The highest BCUT2D eigenvalue weighted by atomic mass is 32.1. The molecule has 0 aliphatic heterocycles. The number of carbonyl (C=O) groups is 2. The molecule has 0 spiro atoms. The number of rotatable bonds is 9. The van der Waals surface area contributed by atoms with Crippen LogP contribution in [0.3, 0.4) is 0 Å². The second-order valence-corrected chi connectivity index (χ2v) is 9.13. The molecular formula is C26H24N4O3S. The molecule has 172 valence electrons. The number of imidazole rings is 1. The molecular weight excluding hydrogens is 448 g/mol. The van der Waals surface area contributed by atoms with Crippen LogP contribution in [0, 0.1) is 11.3 Å². The summed E-state index contributed by atoms with van der Waals surface area (Å²) in [6, 6.07) is 16.8. The highest BCUT2D eigenvalue weighted by molar-refractivity contribution is 7.20. The summed E-state index contributed by atoms with van der Waals surface area (Å²) in [5.74, 6) is -0.939. The lowest BCUT2D eigenvalue weighted by molar-refractivity contribution is -0.118. The van der Waals surface area contributed by atoms with E-state index in [2.05, 4.69) is 18.0 Å². The first kappa shape index (κ1) is 23.2. The van der Waals surface area contributed by atoms with Crippen molar-refractivity contribution in [2.45, 2.75) is 39.3 Å². The van der Waals surface area contributed by atoms with Gasteiger partial charge in [0.2, 0.25) is 5.91 Å². The number of hydrogen-bond acceptors (Lipinski definition) is 5. The molecule has 0 unspecified atom stereocenters. The molecule has 0 bridgehead atoms. The molecule has 0 saturated carbocycles. The van der Waals surface area contributed by atoms with Gasteiger partial charge in [-0.2, -0.15) is 5.26 Å². The zero-order chi connectivity index (χ0) is 24.1. The maximum Gasteiger partial charge on any atom is 0.345 e. The SMILES string of the molecule is CCCCC(=O)N(Cc1cncn1Cc1ccc(C#N)cc1)c1ccc2sc(C(=O)O)cc2c1. The van der Waals surface area contributed by atoms with E-state index >= 15 is 0 Å². The summed E-state index contributed by atoms with van der Waals surface area (Å²) in [4.78, 5) is 30.9. The Hall–Kier alpha value is -3.96. The number of carboxylic acid groups (broad SMARTS) is 1. The summed E-state index contributed by atoms with van der Waals surface area (Å²) in [7, 11) is 0. The van der Waals surface area contributed by atoms with E-state index in [1.54, 1.807) is 35.6 Å². The summed E-state index contributed by atoms with van der Waals surface area (Å²) >= 11 is 1.22. The predicted molar refractivity (Wildman–Crippen MR) is 132 cm³/mol. The van der Waals surface area contributed by atoms with Gasteiger partial charge in [0, 0.05) is 29.5 Å². The van der Waals surface area contributed by atoms with Crippen LogP contribution in [0.1, 0.15) is 52.7 Å². The van der Waals surface area contributed by atoms with Crippen molar-refractivity contribution in [1.82, 2.24) is 9.55 Å². The highest BCUT2D eigenvalue weighted by Crippen LogP contribution is 2.30. The number of nitriles is 1. The summed E-state index contributed by atoms with van der Waals surface area (Å²) in [5, 5.41) is 19.1. The maximum absolute atomic E-state index is 13.2. The fraction of sp³-hybridized carbons (Fsp3) is 0.231. The quantitative estimate of drug-likeness (QED) is 0.350. The zero-order valence-corrected chi connectivity index (χ0v) is 19.6. The smallest absolute Gasteiger partial charge is 0.345 e. The summed E-state index contributed by atoms with van der Waals surface area (Å²) in [6.07, 6.45) is 5.65. The number of carbonyl (C=O) groups excluding carboxylic acids is 1. The number of hydrogen-bond donors (Lipinski definition) is 1. The van der Waals surface area contributed by atoms with E-state index in [1.165, 1.54) is 11.3 Å². The molecule has 0 fully saturated rings. The molecule has 4 aromatic rings. The van der Waals surface area contributed by atoms with Crippen molar-refractivity contribution >= 4 is 39.0 Å². The average molecular weight is 473 g/mol. The monoisotopic (exact) mass is 472 g/mol. The second kappa shape index (κ2) is 10.3. The Bertz CT molecular complexity index is 1360. The number of nitrogens with zero attached hydrogens (tertiary/aromatic N) is 4. The van der Waals surface area contributed by atoms with Gasteiger partial charge in [0.15, 0.2) is 0 Å². The Morgan fingerprint density at radius 3 is 2.68 bits per heavy atom. The van der Waals surface area contributed by atoms with Crippen molar-refractivity contribution in [2.75, 3.05) is 4.90 Å². The van der Waals surface area contributed by atoms with Gasteiger partial charge in [-0.05, 0) is 53.8 Å². The molecule has 8 heteroatoms. The van der Waals surface area contributed by atoms with Gasteiger partial charge >= 0.3 is 5.97 Å². The lowest BCUT2D eigenvalue weighted by Gasteiger charge is -2.24. The number of benzene rings is 2. The molecule has 0 aliphatic carbocycles. The van der Waals surface area contributed by atoms with E-state index < -0.39 is 5.97 Å². The third-order valence-corrected chi connectivity index (χ3v) is 6.73. The molecule has 2 aromatic carbocycles. The Morgan fingerprint density at radius 1 is 1.18 bits per heavy atom. The van der Waals surface area contributed by atoms with Gasteiger partial charge in [0.05, 0.1) is 30.2 Å². The third kappa shape index (κ3) is 5.16. The van der Waals surface area contributed by atoms with Crippen molar-refractivity contribution < 1.29 is 14.7 Å². The number of anilines is 1. The number of aromatic carboxylic acids is 1. The van der Waals surface area contributed by atoms with Crippen LogP contribution in [0.2, 0.25) is 0 Å². The topological polar surface area (TPSA) is 99.2 Å². The first-order valence-corrected chi connectivity index (χ1v) is 11.9. The van der Waals surface area contributed by atoms with Crippen LogP contribution >= 0.6 is 11.3 Å². The van der Waals surface area contributed by atoms with Gasteiger partial charge in [-0.1, -0.05) is 25.5 Å². The minimum Gasteiger partial charge on any atom is -0.477 e. The summed E-state index contributed by atoms with van der Waals surface area (Å²) in [6.45, 7) is 2.97. The van der Waals surface area contributed by atoms with E-state index in [-0.39, 0.29) is 10.8 Å². The van der Waals surface area contributed by atoms with Crippen molar-refractivity contribution in [2.24, 2.45) is 0 Å². The fourth-order valence-corrected chi connectivity index (χ4v) is 4.64. The van der Waals surface area contributed by atoms with Gasteiger partial charge < -0.3 is 14.6 Å². The molecule has 0 atom stereocenters.